The van der Waals surface area contributed by atoms with E-state index in [-0.39, 0.29) is 11.7 Å². The molecule has 1 aromatic heterocycles. The molecule has 0 aromatic carbocycles. The minimum Gasteiger partial charge on any atom is -0.481 e. The number of aromatic nitrogens is 1. The molecular formula is C16H18N2O2. The van der Waals surface area contributed by atoms with E-state index in [9.17, 15) is 4.79 Å². The summed E-state index contributed by atoms with van der Waals surface area (Å²) in [4.78, 5) is 21.0. The molecule has 4 heteroatoms. The Morgan fingerprint density at radius 3 is 2.85 bits per heavy atom. The molecule has 20 heavy (non-hydrogen) atoms. The van der Waals surface area contributed by atoms with E-state index in [0.717, 1.165) is 11.3 Å². The zero-order valence-electron chi connectivity index (χ0n) is 12.0. The summed E-state index contributed by atoms with van der Waals surface area (Å²) in [5, 5.41) is 0. The third-order valence-corrected chi connectivity index (χ3v) is 5.10. The molecule has 0 spiro atoms. The Morgan fingerprint density at radius 1 is 1.45 bits per heavy atom. The number of ether oxygens (including phenoxy) is 1. The Balaban J connectivity index is 2.21. The van der Waals surface area contributed by atoms with Gasteiger partial charge in [-0.15, -0.1) is 0 Å². The molecule has 1 heterocycles. The lowest BCUT2D eigenvalue weighted by atomic mass is 9.58. The number of hydrogen-bond donors (Lipinski definition) is 0. The zero-order valence-corrected chi connectivity index (χ0v) is 12.0. The van der Waals surface area contributed by atoms with E-state index in [1.807, 2.05) is 6.07 Å². The summed E-state index contributed by atoms with van der Waals surface area (Å²) in [5.41, 5.74) is 0.653. The van der Waals surface area contributed by atoms with Gasteiger partial charge in [-0.1, -0.05) is 13.8 Å². The molecule has 0 N–H and O–H groups in total. The van der Waals surface area contributed by atoms with Crippen molar-refractivity contribution in [2.24, 2.45) is 17.8 Å². The second-order valence-corrected chi connectivity index (χ2v) is 6.04. The molecule has 104 valence electrons. The monoisotopic (exact) mass is 270 g/mol. The average Bonchev–Trinajstić information content (AvgIpc) is 2.46. The van der Waals surface area contributed by atoms with Gasteiger partial charge in [0, 0.05) is 24.8 Å². The molecule has 0 amide bonds. The number of carbonyl (C=O) groups is 1. The number of Topliss-reactive ketones (excluding diaryl/α,β-unsaturated/α-hetero) is 1. The fourth-order valence-electron chi connectivity index (χ4n) is 3.71. The van der Waals surface area contributed by atoms with E-state index >= 15 is 0 Å². The van der Waals surface area contributed by atoms with Crippen molar-refractivity contribution in [2.75, 3.05) is 7.11 Å². The summed E-state index contributed by atoms with van der Waals surface area (Å²) in [6.07, 6.45) is 1.24. The van der Waals surface area contributed by atoms with Gasteiger partial charge in [0.1, 0.15) is 0 Å². The lowest BCUT2D eigenvalue weighted by molar-refractivity contribution is -0.134. The van der Waals surface area contributed by atoms with Gasteiger partial charge in [-0.25, -0.2) is 11.6 Å². The van der Waals surface area contributed by atoms with Gasteiger partial charge in [-0.2, -0.15) is 0 Å². The van der Waals surface area contributed by atoms with Crippen LogP contribution in [0.1, 0.15) is 31.5 Å². The van der Waals surface area contributed by atoms with Gasteiger partial charge in [-0.3, -0.25) is 9.64 Å². The summed E-state index contributed by atoms with van der Waals surface area (Å²) in [5.74, 6) is 1.25. The van der Waals surface area contributed by atoms with Crippen LogP contribution in [0.15, 0.2) is 12.1 Å². The van der Waals surface area contributed by atoms with E-state index in [2.05, 4.69) is 23.7 Å². The predicted octanol–water partition coefficient (Wildman–Crippen LogP) is 2.62. The van der Waals surface area contributed by atoms with Crippen molar-refractivity contribution in [1.29, 1.82) is 0 Å². The van der Waals surface area contributed by atoms with Crippen molar-refractivity contribution >= 4 is 5.78 Å². The van der Waals surface area contributed by atoms with Crippen LogP contribution in [0.5, 0.6) is 5.88 Å². The lowest BCUT2D eigenvalue weighted by Gasteiger charge is -2.42. The lowest BCUT2D eigenvalue weighted by Crippen LogP contribution is -2.52. The highest BCUT2D eigenvalue weighted by Gasteiger charge is 2.60. The van der Waals surface area contributed by atoms with Crippen LogP contribution in [0, 0.1) is 24.3 Å². The highest BCUT2D eigenvalue weighted by atomic mass is 16.5. The van der Waals surface area contributed by atoms with Crippen molar-refractivity contribution in [3.05, 3.63) is 34.8 Å². The molecular weight excluding hydrogens is 252 g/mol. The predicted molar refractivity (Wildman–Crippen MR) is 74.2 cm³/mol. The van der Waals surface area contributed by atoms with Gasteiger partial charge in [0.15, 0.2) is 0 Å². The number of nitrogens with zero attached hydrogens (tertiary/aromatic N) is 2. The molecule has 1 fully saturated rings. The SMILES string of the molecule is [C-]#[N+]C12CC(C)[C@@H](C)[C@H](Cc3nc(OC)ccc31)C2=O. The van der Waals surface area contributed by atoms with Crippen molar-refractivity contribution in [1.82, 2.24) is 4.98 Å². The number of hydrogen-bond acceptors (Lipinski definition) is 3. The largest absolute Gasteiger partial charge is 0.481 e. The van der Waals surface area contributed by atoms with Crippen LogP contribution in [0.25, 0.3) is 4.85 Å². The minimum atomic E-state index is -1.01. The van der Waals surface area contributed by atoms with E-state index in [1.54, 1.807) is 13.2 Å². The average molecular weight is 270 g/mol. The number of carbonyl (C=O) groups excluding carboxylic acids is 1. The summed E-state index contributed by atoms with van der Waals surface area (Å²) >= 11 is 0. The summed E-state index contributed by atoms with van der Waals surface area (Å²) in [7, 11) is 1.58. The van der Waals surface area contributed by atoms with Gasteiger partial charge in [0.05, 0.1) is 18.4 Å². The van der Waals surface area contributed by atoms with E-state index in [4.69, 9.17) is 11.3 Å². The van der Waals surface area contributed by atoms with Crippen molar-refractivity contribution < 1.29 is 9.53 Å². The fourth-order valence-corrected chi connectivity index (χ4v) is 3.71. The molecule has 3 rings (SSSR count). The maximum Gasteiger partial charge on any atom is 0.316 e. The van der Waals surface area contributed by atoms with Gasteiger partial charge < -0.3 is 4.74 Å². The molecule has 2 aliphatic carbocycles. The normalized spacial score (nSPS) is 35.1. The maximum atomic E-state index is 12.8. The van der Waals surface area contributed by atoms with Crippen LogP contribution in [-0.2, 0) is 16.8 Å². The molecule has 0 aliphatic heterocycles. The Kier molecular flexibility index (Phi) is 2.82. The molecule has 0 saturated heterocycles. The molecule has 4 nitrogen and oxygen atoms in total. The van der Waals surface area contributed by atoms with Crippen LogP contribution >= 0.6 is 0 Å². The number of ketones is 1. The standard InChI is InChI=1S/C16H18N2O2/c1-9-8-16(17-3)12-5-6-14(20-4)18-13(12)7-11(10(9)2)15(16)19/h5-6,9-11H,7-8H2,1-2,4H3/t9?,10-,11+,16?/m1/s1. The Labute approximate surface area is 119 Å². The summed E-state index contributed by atoms with van der Waals surface area (Å²) in [6, 6.07) is 3.61. The van der Waals surface area contributed by atoms with Gasteiger partial charge >= 0.3 is 5.54 Å². The Hall–Kier alpha value is -1.89. The molecule has 4 atom stereocenters. The second kappa shape index (κ2) is 4.31. The van der Waals surface area contributed by atoms with Crippen LogP contribution in [0.2, 0.25) is 0 Å². The number of pyridine rings is 1. The quantitative estimate of drug-likeness (QED) is 0.737. The van der Waals surface area contributed by atoms with E-state index in [1.165, 1.54) is 0 Å². The molecule has 0 radical (unpaired) electrons. The first kappa shape index (κ1) is 13.1. The van der Waals surface area contributed by atoms with Crippen molar-refractivity contribution in [3.63, 3.8) is 0 Å². The van der Waals surface area contributed by atoms with Crippen molar-refractivity contribution in [2.45, 2.75) is 32.2 Å². The number of fused-ring (bicyclic) bond motifs is 4. The molecule has 2 unspecified atom stereocenters. The van der Waals surface area contributed by atoms with Gasteiger partial charge in [0.25, 0.3) is 0 Å². The Bertz CT molecular complexity index is 619. The van der Waals surface area contributed by atoms with Gasteiger partial charge in [0.2, 0.25) is 11.7 Å². The van der Waals surface area contributed by atoms with E-state index < -0.39 is 5.54 Å². The second-order valence-electron chi connectivity index (χ2n) is 6.04. The molecule has 1 saturated carbocycles. The van der Waals surface area contributed by atoms with Crippen LogP contribution in [-0.4, -0.2) is 17.9 Å². The minimum absolute atomic E-state index is 0.0834. The van der Waals surface area contributed by atoms with Crippen LogP contribution in [0.3, 0.4) is 0 Å². The third kappa shape index (κ3) is 1.53. The molecule has 2 aliphatic rings. The van der Waals surface area contributed by atoms with Crippen molar-refractivity contribution in [3.8, 4) is 5.88 Å². The number of rotatable bonds is 1. The zero-order chi connectivity index (χ0) is 14.5. The first-order valence-electron chi connectivity index (χ1n) is 7.01. The van der Waals surface area contributed by atoms with Crippen LogP contribution < -0.4 is 4.74 Å². The maximum absolute atomic E-state index is 12.8. The molecule has 1 aromatic rings. The highest BCUT2D eigenvalue weighted by Crippen LogP contribution is 2.51. The van der Waals surface area contributed by atoms with E-state index in [0.29, 0.717) is 30.6 Å². The fraction of sp³-hybridized carbons (Fsp3) is 0.562. The summed E-state index contributed by atoms with van der Waals surface area (Å²) in [6.45, 7) is 11.9. The number of methoxy groups -OCH3 is 1. The smallest absolute Gasteiger partial charge is 0.316 e. The first-order valence-corrected chi connectivity index (χ1v) is 7.01. The first-order chi connectivity index (χ1) is 9.53. The third-order valence-electron chi connectivity index (χ3n) is 5.10. The topological polar surface area (TPSA) is 43.5 Å². The Morgan fingerprint density at radius 2 is 2.20 bits per heavy atom. The molecule has 2 bridgehead atoms. The van der Waals surface area contributed by atoms with Crippen LogP contribution in [0.4, 0.5) is 0 Å². The highest BCUT2D eigenvalue weighted by molar-refractivity contribution is 5.96. The van der Waals surface area contributed by atoms with Gasteiger partial charge in [-0.05, 0) is 17.9 Å². The summed E-state index contributed by atoms with van der Waals surface area (Å²) < 4.78 is 5.17.